The number of nitrogens with zero attached hydrogens (tertiary/aromatic N) is 1. The lowest BCUT2D eigenvalue weighted by molar-refractivity contribution is 0.203. The van der Waals surface area contributed by atoms with Gasteiger partial charge in [0.1, 0.15) is 5.76 Å². The third-order valence-corrected chi connectivity index (χ3v) is 3.32. The van der Waals surface area contributed by atoms with Gasteiger partial charge in [-0.15, -0.1) is 0 Å². The minimum absolute atomic E-state index is 0.376. The standard InChI is InChI=1S/C12H20N2O/c1-10(12-4-3-7-15-12)14(2)9-11-5-6-13-8-11/h3-4,7,10-11,13H,5-6,8-9H2,1-2H3/t10-,11-/m0/s1. The van der Waals surface area contributed by atoms with Crippen LogP contribution in [-0.2, 0) is 0 Å². The number of nitrogens with one attached hydrogen (secondary N) is 1. The average Bonchev–Trinajstić information content (AvgIpc) is 2.88. The van der Waals surface area contributed by atoms with E-state index in [0.29, 0.717) is 6.04 Å². The number of hydrogen-bond donors (Lipinski definition) is 1. The Labute approximate surface area is 91.4 Å². The van der Waals surface area contributed by atoms with Gasteiger partial charge in [-0.2, -0.15) is 0 Å². The molecule has 1 saturated heterocycles. The van der Waals surface area contributed by atoms with E-state index in [4.69, 9.17) is 4.42 Å². The third-order valence-electron chi connectivity index (χ3n) is 3.32. The van der Waals surface area contributed by atoms with Crippen LogP contribution >= 0.6 is 0 Å². The summed E-state index contributed by atoms with van der Waals surface area (Å²) >= 11 is 0. The molecule has 2 rings (SSSR count). The van der Waals surface area contributed by atoms with E-state index in [1.165, 1.54) is 13.0 Å². The van der Waals surface area contributed by atoms with Crippen LogP contribution in [0.1, 0.15) is 25.1 Å². The quantitative estimate of drug-likeness (QED) is 0.819. The highest BCUT2D eigenvalue weighted by Crippen LogP contribution is 2.21. The molecule has 2 atom stereocenters. The molecule has 3 heteroatoms. The summed E-state index contributed by atoms with van der Waals surface area (Å²) in [5.74, 6) is 1.86. The van der Waals surface area contributed by atoms with E-state index in [0.717, 1.165) is 24.8 Å². The smallest absolute Gasteiger partial charge is 0.120 e. The van der Waals surface area contributed by atoms with Gasteiger partial charge in [0.05, 0.1) is 12.3 Å². The molecule has 1 aliphatic rings. The second-order valence-corrected chi connectivity index (χ2v) is 4.49. The molecule has 0 unspecified atom stereocenters. The van der Waals surface area contributed by atoms with Gasteiger partial charge in [-0.3, -0.25) is 4.90 Å². The predicted octanol–water partition coefficient (Wildman–Crippen LogP) is 1.88. The molecule has 1 aromatic heterocycles. The first-order valence-electron chi connectivity index (χ1n) is 5.71. The molecule has 0 aromatic carbocycles. The molecule has 0 saturated carbocycles. The second-order valence-electron chi connectivity index (χ2n) is 4.49. The molecule has 1 fully saturated rings. The molecule has 84 valence electrons. The van der Waals surface area contributed by atoms with Crippen LogP contribution < -0.4 is 5.32 Å². The van der Waals surface area contributed by atoms with Crippen molar-refractivity contribution in [3.63, 3.8) is 0 Å². The Bertz CT molecular complexity index is 278. The summed E-state index contributed by atoms with van der Waals surface area (Å²) in [5, 5.41) is 3.40. The lowest BCUT2D eigenvalue weighted by Gasteiger charge is -2.25. The Morgan fingerprint density at radius 3 is 3.13 bits per heavy atom. The van der Waals surface area contributed by atoms with Crippen LogP contribution in [0.4, 0.5) is 0 Å². The van der Waals surface area contributed by atoms with Gasteiger partial charge in [-0.05, 0) is 51.5 Å². The maximum atomic E-state index is 5.42. The zero-order valence-electron chi connectivity index (χ0n) is 9.57. The largest absolute Gasteiger partial charge is 0.468 e. The average molecular weight is 208 g/mol. The van der Waals surface area contributed by atoms with E-state index < -0.39 is 0 Å². The molecular weight excluding hydrogens is 188 g/mol. The first-order chi connectivity index (χ1) is 7.27. The van der Waals surface area contributed by atoms with Crippen LogP contribution in [0.3, 0.4) is 0 Å². The lowest BCUT2D eigenvalue weighted by atomic mass is 10.1. The zero-order chi connectivity index (χ0) is 10.7. The summed E-state index contributed by atoms with van der Waals surface area (Å²) in [6.45, 7) is 5.68. The van der Waals surface area contributed by atoms with E-state index in [9.17, 15) is 0 Å². The second kappa shape index (κ2) is 4.81. The summed E-state index contributed by atoms with van der Waals surface area (Å²) in [7, 11) is 2.17. The first-order valence-corrected chi connectivity index (χ1v) is 5.71. The van der Waals surface area contributed by atoms with E-state index in [1.54, 1.807) is 6.26 Å². The summed E-state index contributed by atoms with van der Waals surface area (Å²) < 4.78 is 5.42. The molecule has 15 heavy (non-hydrogen) atoms. The molecular formula is C12H20N2O. The monoisotopic (exact) mass is 208 g/mol. The molecule has 0 aliphatic carbocycles. The van der Waals surface area contributed by atoms with Crippen LogP contribution in [0, 0.1) is 5.92 Å². The highest BCUT2D eigenvalue weighted by Gasteiger charge is 2.20. The molecule has 0 bridgehead atoms. The zero-order valence-corrected chi connectivity index (χ0v) is 9.57. The molecule has 3 nitrogen and oxygen atoms in total. The van der Waals surface area contributed by atoms with Crippen LogP contribution in [0.5, 0.6) is 0 Å². The molecule has 0 radical (unpaired) electrons. The summed E-state index contributed by atoms with van der Waals surface area (Å²) in [6, 6.07) is 4.38. The molecule has 0 amide bonds. The Hall–Kier alpha value is -0.800. The molecule has 2 heterocycles. The molecule has 1 aliphatic heterocycles. The van der Waals surface area contributed by atoms with Crippen molar-refractivity contribution < 1.29 is 4.42 Å². The molecule has 0 spiro atoms. The van der Waals surface area contributed by atoms with Gasteiger partial charge in [0.2, 0.25) is 0 Å². The van der Waals surface area contributed by atoms with Gasteiger partial charge < -0.3 is 9.73 Å². The predicted molar refractivity (Wildman–Crippen MR) is 60.7 cm³/mol. The maximum Gasteiger partial charge on any atom is 0.120 e. The molecule has 1 aromatic rings. The van der Waals surface area contributed by atoms with Crippen molar-refractivity contribution in [3.05, 3.63) is 24.2 Å². The Morgan fingerprint density at radius 2 is 2.53 bits per heavy atom. The van der Waals surface area contributed by atoms with Crippen molar-refractivity contribution in [2.45, 2.75) is 19.4 Å². The van der Waals surface area contributed by atoms with Crippen molar-refractivity contribution in [3.8, 4) is 0 Å². The topological polar surface area (TPSA) is 28.4 Å². The number of furan rings is 1. The summed E-state index contributed by atoms with van der Waals surface area (Å²) in [6.07, 6.45) is 3.05. The maximum absolute atomic E-state index is 5.42. The van der Waals surface area contributed by atoms with Gasteiger partial charge >= 0.3 is 0 Å². The van der Waals surface area contributed by atoms with Crippen molar-refractivity contribution in [1.29, 1.82) is 0 Å². The summed E-state index contributed by atoms with van der Waals surface area (Å²) in [5.41, 5.74) is 0. The van der Waals surface area contributed by atoms with Crippen molar-refractivity contribution in [2.75, 3.05) is 26.7 Å². The van der Waals surface area contributed by atoms with Crippen molar-refractivity contribution in [2.24, 2.45) is 5.92 Å². The highest BCUT2D eigenvalue weighted by molar-refractivity contribution is 5.03. The van der Waals surface area contributed by atoms with Crippen LogP contribution in [0.15, 0.2) is 22.8 Å². The van der Waals surface area contributed by atoms with E-state index >= 15 is 0 Å². The third kappa shape index (κ3) is 2.61. The van der Waals surface area contributed by atoms with E-state index in [2.05, 4.69) is 24.2 Å². The van der Waals surface area contributed by atoms with E-state index in [1.807, 2.05) is 12.1 Å². The SMILES string of the molecule is C[C@@H](c1ccco1)N(C)C[C@H]1CCNC1. The van der Waals surface area contributed by atoms with Crippen molar-refractivity contribution >= 4 is 0 Å². The van der Waals surface area contributed by atoms with Gasteiger partial charge in [-0.1, -0.05) is 0 Å². The van der Waals surface area contributed by atoms with Gasteiger partial charge in [0, 0.05) is 6.54 Å². The fraction of sp³-hybridized carbons (Fsp3) is 0.667. The van der Waals surface area contributed by atoms with Crippen LogP contribution in [0.2, 0.25) is 0 Å². The Kier molecular flexibility index (Phi) is 3.44. The van der Waals surface area contributed by atoms with Gasteiger partial charge in [0.25, 0.3) is 0 Å². The highest BCUT2D eigenvalue weighted by atomic mass is 16.3. The summed E-state index contributed by atoms with van der Waals surface area (Å²) in [4.78, 5) is 2.37. The normalized spacial score (nSPS) is 23.5. The number of rotatable bonds is 4. The minimum Gasteiger partial charge on any atom is -0.468 e. The van der Waals surface area contributed by atoms with Gasteiger partial charge in [0.15, 0.2) is 0 Å². The first kappa shape index (κ1) is 10.7. The minimum atomic E-state index is 0.376. The Balaban J connectivity index is 1.87. The van der Waals surface area contributed by atoms with Gasteiger partial charge in [-0.25, -0.2) is 0 Å². The fourth-order valence-electron chi connectivity index (χ4n) is 2.18. The molecule has 1 N–H and O–H groups in total. The lowest BCUT2D eigenvalue weighted by Crippen LogP contribution is -2.29. The van der Waals surface area contributed by atoms with E-state index in [-0.39, 0.29) is 0 Å². The fourth-order valence-corrected chi connectivity index (χ4v) is 2.18. The number of hydrogen-bond acceptors (Lipinski definition) is 3. The van der Waals surface area contributed by atoms with Crippen LogP contribution in [-0.4, -0.2) is 31.6 Å². The van der Waals surface area contributed by atoms with Crippen LogP contribution in [0.25, 0.3) is 0 Å². The van der Waals surface area contributed by atoms with Crippen molar-refractivity contribution in [1.82, 2.24) is 10.2 Å². The Morgan fingerprint density at radius 1 is 1.67 bits per heavy atom.